The monoisotopic (exact) mass is 936 g/mol. The summed E-state index contributed by atoms with van der Waals surface area (Å²) in [5.74, 6) is 0.105. The van der Waals surface area contributed by atoms with Gasteiger partial charge in [-0.1, -0.05) is 91.0 Å². The van der Waals surface area contributed by atoms with E-state index in [4.69, 9.17) is 37.9 Å². The first kappa shape index (κ1) is 50.8. The summed E-state index contributed by atoms with van der Waals surface area (Å²) in [6.07, 6.45) is -3.52. The Kier molecular flexibility index (Phi) is 15.3. The molecule has 0 aromatic heterocycles. The molecule has 0 unspecified atom stereocenters. The SMILES string of the molecule is CC(C)(C)OC(=O)Oc1ccc(-c2ccc(OC(=O)OC(C)(C)C)c(C(c3ccc(-c4ccccc4)cc3)c3cc(-c4ccc(OC(=O)OC(C)(C)C)cc4)ccc3OC(=O)OC(C)(C)C)c2)cc1. The lowest BCUT2D eigenvalue weighted by molar-refractivity contribution is 0.0190. The molecule has 0 spiro atoms. The average molecular weight is 937 g/mol. The third kappa shape index (κ3) is 15.2. The first-order valence-electron chi connectivity index (χ1n) is 22.5. The van der Waals surface area contributed by atoms with Crippen molar-refractivity contribution in [3.63, 3.8) is 0 Å². The molecule has 6 aromatic carbocycles. The highest BCUT2D eigenvalue weighted by Gasteiger charge is 2.30. The van der Waals surface area contributed by atoms with Crippen molar-refractivity contribution in [3.8, 4) is 56.4 Å². The van der Waals surface area contributed by atoms with Crippen LogP contribution in [0.2, 0.25) is 0 Å². The molecule has 6 aromatic rings. The van der Waals surface area contributed by atoms with Gasteiger partial charge in [-0.25, -0.2) is 19.2 Å². The van der Waals surface area contributed by atoms with Crippen LogP contribution in [-0.4, -0.2) is 47.0 Å². The van der Waals surface area contributed by atoms with Crippen LogP contribution in [0.4, 0.5) is 19.2 Å². The molecule has 0 saturated heterocycles. The molecule has 0 radical (unpaired) electrons. The standard InChI is InChI=1S/C57H60O12/c1-54(2,3)66-50(58)62-43-28-22-38(23-29-43)41-26-32-47(64-52(60)68-56(7,8)9)45(34-41)49(40-20-18-37(19-21-40)36-16-14-13-15-17-36)46-35-42(27-33-48(46)65-53(61)69-57(10,11)12)39-24-30-44(31-25-39)63-51(59)67-55(4,5)6/h13-35,49H,1-12H3. The molecule has 0 aliphatic carbocycles. The molecule has 0 amide bonds. The van der Waals surface area contributed by atoms with Crippen LogP contribution >= 0.6 is 0 Å². The highest BCUT2D eigenvalue weighted by atomic mass is 16.7. The maximum absolute atomic E-state index is 13.6. The fourth-order valence-corrected chi connectivity index (χ4v) is 7.00. The minimum absolute atomic E-state index is 0.173. The van der Waals surface area contributed by atoms with Gasteiger partial charge in [0, 0.05) is 17.0 Å². The average Bonchev–Trinajstić information content (AvgIpc) is 3.23. The van der Waals surface area contributed by atoms with E-state index < -0.39 is 52.9 Å². The number of rotatable bonds is 10. The molecule has 0 heterocycles. The summed E-state index contributed by atoms with van der Waals surface area (Å²) in [4.78, 5) is 52.1. The van der Waals surface area contributed by atoms with E-state index in [1.54, 1.807) is 156 Å². The molecule has 12 heteroatoms. The summed E-state index contributed by atoms with van der Waals surface area (Å²) in [6, 6.07) is 42.5. The van der Waals surface area contributed by atoms with Gasteiger partial charge in [0.05, 0.1) is 0 Å². The normalized spacial score (nSPS) is 11.8. The first-order chi connectivity index (χ1) is 32.3. The molecule has 360 valence electrons. The van der Waals surface area contributed by atoms with Crippen LogP contribution in [-0.2, 0) is 18.9 Å². The number of benzene rings is 6. The fourth-order valence-electron chi connectivity index (χ4n) is 7.00. The smallest absolute Gasteiger partial charge is 0.428 e. The van der Waals surface area contributed by atoms with Crippen LogP contribution in [0, 0.1) is 0 Å². The Hall–Kier alpha value is -7.60. The van der Waals surface area contributed by atoms with Crippen LogP contribution in [0.5, 0.6) is 23.0 Å². The van der Waals surface area contributed by atoms with Crippen molar-refractivity contribution in [2.24, 2.45) is 0 Å². The van der Waals surface area contributed by atoms with Crippen LogP contribution in [0.25, 0.3) is 33.4 Å². The summed E-state index contributed by atoms with van der Waals surface area (Å²) in [5.41, 5.74) is 3.39. The van der Waals surface area contributed by atoms with E-state index in [1.807, 2.05) is 66.7 Å². The van der Waals surface area contributed by atoms with Gasteiger partial charge in [-0.15, -0.1) is 0 Å². The summed E-state index contributed by atoms with van der Waals surface area (Å²) in [7, 11) is 0. The maximum Gasteiger partial charge on any atom is 0.514 e. The van der Waals surface area contributed by atoms with Gasteiger partial charge in [-0.2, -0.15) is 0 Å². The molecule has 0 aliphatic heterocycles. The van der Waals surface area contributed by atoms with Gasteiger partial charge in [0.15, 0.2) is 0 Å². The van der Waals surface area contributed by atoms with Gasteiger partial charge in [0.1, 0.15) is 45.4 Å². The second-order valence-electron chi connectivity index (χ2n) is 20.2. The van der Waals surface area contributed by atoms with E-state index in [0.717, 1.165) is 27.8 Å². The molecular weight excluding hydrogens is 877 g/mol. The zero-order valence-corrected chi connectivity index (χ0v) is 41.3. The fraction of sp³-hybridized carbons (Fsp3) is 0.298. The minimum atomic E-state index is -0.925. The van der Waals surface area contributed by atoms with Crippen molar-refractivity contribution >= 4 is 24.6 Å². The highest BCUT2D eigenvalue weighted by Crippen LogP contribution is 2.45. The van der Waals surface area contributed by atoms with Gasteiger partial charge in [0.25, 0.3) is 0 Å². The Bertz CT molecular complexity index is 2600. The maximum atomic E-state index is 13.6. The molecule has 0 aliphatic rings. The lowest BCUT2D eigenvalue weighted by atomic mass is 9.81. The van der Waals surface area contributed by atoms with Crippen LogP contribution < -0.4 is 18.9 Å². The van der Waals surface area contributed by atoms with E-state index in [1.165, 1.54) is 0 Å². The van der Waals surface area contributed by atoms with Gasteiger partial charge in [-0.3, -0.25) is 0 Å². The molecule has 6 rings (SSSR count). The first-order valence-corrected chi connectivity index (χ1v) is 22.5. The van der Waals surface area contributed by atoms with Crippen molar-refractivity contribution in [1.29, 1.82) is 0 Å². The summed E-state index contributed by atoms with van der Waals surface area (Å²) < 4.78 is 45.1. The van der Waals surface area contributed by atoms with Crippen LogP contribution in [0.3, 0.4) is 0 Å². The second kappa shape index (κ2) is 20.7. The Labute approximate surface area is 404 Å². The predicted molar refractivity (Wildman–Crippen MR) is 264 cm³/mol. The highest BCUT2D eigenvalue weighted by molar-refractivity contribution is 5.76. The summed E-state index contributed by atoms with van der Waals surface area (Å²) in [6.45, 7) is 21.0. The summed E-state index contributed by atoms with van der Waals surface area (Å²) in [5, 5.41) is 0. The second-order valence-corrected chi connectivity index (χ2v) is 20.2. The minimum Gasteiger partial charge on any atom is -0.428 e. The van der Waals surface area contributed by atoms with Crippen molar-refractivity contribution in [3.05, 3.63) is 156 Å². The third-order valence-electron chi connectivity index (χ3n) is 9.72. The van der Waals surface area contributed by atoms with Crippen molar-refractivity contribution in [2.45, 2.75) is 111 Å². The predicted octanol–water partition coefficient (Wildman–Crippen LogP) is 15.1. The largest absolute Gasteiger partial charge is 0.514 e. The van der Waals surface area contributed by atoms with Crippen molar-refractivity contribution < 1.29 is 57.1 Å². The van der Waals surface area contributed by atoms with Gasteiger partial charge < -0.3 is 37.9 Å². The van der Waals surface area contributed by atoms with Gasteiger partial charge in [-0.05, 0) is 171 Å². The lowest BCUT2D eigenvalue weighted by Crippen LogP contribution is -2.26. The van der Waals surface area contributed by atoms with E-state index in [2.05, 4.69) is 0 Å². The Morgan fingerprint density at radius 3 is 0.971 bits per heavy atom. The van der Waals surface area contributed by atoms with E-state index in [0.29, 0.717) is 22.3 Å². The Morgan fingerprint density at radius 1 is 0.333 bits per heavy atom. The molecule has 0 atom stereocenters. The number of carbonyl (C=O) groups is 4. The lowest BCUT2D eigenvalue weighted by Gasteiger charge is -2.26. The number of ether oxygens (including phenoxy) is 8. The number of carbonyl (C=O) groups excluding carboxylic acids is 4. The molecule has 0 saturated carbocycles. The number of hydrogen-bond donors (Lipinski definition) is 0. The van der Waals surface area contributed by atoms with E-state index >= 15 is 0 Å². The Balaban J connectivity index is 1.56. The molecule has 0 N–H and O–H groups in total. The molecule has 69 heavy (non-hydrogen) atoms. The topological polar surface area (TPSA) is 142 Å². The van der Waals surface area contributed by atoms with Gasteiger partial charge >= 0.3 is 24.6 Å². The Morgan fingerprint density at radius 2 is 0.623 bits per heavy atom. The molecule has 0 fully saturated rings. The zero-order chi connectivity index (χ0) is 50.3. The van der Waals surface area contributed by atoms with Crippen molar-refractivity contribution in [1.82, 2.24) is 0 Å². The van der Waals surface area contributed by atoms with Gasteiger partial charge in [0.2, 0.25) is 0 Å². The summed E-state index contributed by atoms with van der Waals surface area (Å²) >= 11 is 0. The molecular formula is C57H60O12. The quantitative estimate of drug-likeness (QED) is 0.0558. The van der Waals surface area contributed by atoms with E-state index in [-0.39, 0.29) is 23.0 Å². The van der Waals surface area contributed by atoms with Crippen LogP contribution in [0.1, 0.15) is 106 Å². The van der Waals surface area contributed by atoms with Crippen LogP contribution in [0.15, 0.2) is 140 Å². The molecule has 0 bridgehead atoms. The molecule has 12 nitrogen and oxygen atoms in total. The zero-order valence-electron chi connectivity index (χ0n) is 41.3. The third-order valence-corrected chi connectivity index (χ3v) is 9.72. The van der Waals surface area contributed by atoms with Crippen molar-refractivity contribution in [2.75, 3.05) is 0 Å². The number of hydrogen-bond acceptors (Lipinski definition) is 12. The van der Waals surface area contributed by atoms with E-state index in [9.17, 15) is 19.2 Å².